The second-order valence-electron chi connectivity index (χ2n) is 10.6. The Balaban J connectivity index is 1.43. The molecule has 10 heteroatoms. The maximum Gasteiger partial charge on any atom is 0.310 e. The number of hydrogen-bond donors (Lipinski definition) is 0. The Morgan fingerprint density at radius 2 is 1.88 bits per heavy atom. The van der Waals surface area contributed by atoms with Gasteiger partial charge in [-0.1, -0.05) is 37.3 Å². The molecule has 0 radical (unpaired) electrons. The first-order valence-corrected chi connectivity index (χ1v) is 14.5. The molecule has 1 fully saturated rings. The molecule has 0 bridgehead atoms. The zero-order valence-corrected chi connectivity index (χ0v) is 23.9. The third kappa shape index (κ3) is 6.89. The Morgan fingerprint density at radius 3 is 2.60 bits per heavy atom. The van der Waals surface area contributed by atoms with Gasteiger partial charge in [0.25, 0.3) is 11.8 Å². The van der Waals surface area contributed by atoms with Gasteiger partial charge in [-0.25, -0.2) is 0 Å². The maximum atomic E-state index is 13.7. The molecule has 2 atom stereocenters. The summed E-state index contributed by atoms with van der Waals surface area (Å²) < 4.78 is 6.80. The number of piperidine rings is 1. The first-order valence-electron chi connectivity index (χ1n) is 14.5. The first-order chi connectivity index (χ1) is 19.3. The number of amides is 3. The van der Waals surface area contributed by atoms with Crippen LogP contribution in [0.15, 0.2) is 36.4 Å². The van der Waals surface area contributed by atoms with Crippen molar-refractivity contribution >= 4 is 23.7 Å². The number of esters is 1. The molecule has 1 aromatic carbocycles. The van der Waals surface area contributed by atoms with Crippen LogP contribution in [0.2, 0.25) is 0 Å². The summed E-state index contributed by atoms with van der Waals surface area (Å²) in [5.74, 6) is -1.06. The van der Waals surface area contributed by atoms with Crippen LogP contribution in [0.5, 0.6) is 0 Å². The van der Waals surface area contributed by atoms with Crippen LogP contribution < -0.4 is 0 Å². The van der Waals surface area contributed by atoms with E-state index in [1.54, 1.807) is 32.4 Å². The summed E-state index contributed by atoms with van der Waals surface area (Å²) in [7, 11) is 0. The van der Waals surface area contributed by atoms with Gasteiger partial charge in [-0.2, -0.15) is 5.10 Å². The van der Waals surface area contributed by atoms with Crippen molar-refractivity contribution in [2.24, 2.45) is 5.92 Å². The summed E-state index contributed by atoms with van der Waals surface area (Å²) >= 11 is 0. The Morgan fingerprint density at radius 1 is 1.10 bits per heavy atom. The second-order valence-corrected chi connectivity index (χ2v) is 10.6. The van der Waals surface area contributed by atoms with Crippen molar-refractivity contribution in [3.05, 3.63) is 53.3 Å². The molecule has 0 N–H and O–H groups in total. The molecule has 0 aliphatic carbocycles. The lowest BCUT2D eigenvalue weighted by Gasteiger charge is -2.33. The fourth-order valence-corrected chi connectivity index (χ4v) is 5.41. The van der Waals surface area contributed by atoms with Crippen LogP contribution in [0.1, 0.15) is 79.4 Å². The summed E-state index contributed by atoms with van der Waals surface area (Å²) in [6.45, 7) is 8.91. The molecule has 40 heavy (non-hydrogen) atoms. The van der Waals surface area contributed by atoms with Gasteiger partial charge in [-0.3, -0.25) is 23.9 Å². The van der Waals surface area contributed by atoms with Crippen LogP contribution in [0.3, 0.4) is 0 Å². The largest absolute Gasteiger partial charge is 0.466 e. The fraction of sp³-hybridized carbons (Fsp3) is 0.567. The van der Waals surface area contributed by atoms with Crippen molar-refractivity contribution < 1.29 is 23.9 Å². The number of fused-ring (bicyclic) bond motifs is 1. The van der Waals surface area contributed by atoms with Gasteiger partial charge in [0.2, 0.25) is 5.91 Å². The summed E-state index contributed by atoms with van der Waals surface area (Å²) in [6.07, 6.45) is 3.08. The van der Waals surface area contributed by atoms with Crippen molar-refractivity contribution in [3.63, 3.8) is 0 Å². The fourth-order valence-electron chi connectivity index (χ4n) is 5.41. The third-order valence-corrected chi connectivity index (χ3v) is 7.86. The highest BCUT2D eigenvalue weighted by atomic mass is 16.5. The lowest BCUT2D eigenvalue weighted by Crippen LogP contribution is -2.45. The zero-order chi connectivity index (χ0) is 28.6. The number of aryl methyl sites for hydroxylation is 1. The van der Waals surface area contributed by atoms with E-state index < -0.39 is 0 Å². The van der Waals surface area contributed by atoms with Gasteiger partial charge in [0.1, 0.15) is 5.69 Å². The van der Waals surface area contributed by atoms with Crippen LogP contribution in [-0.2, 0) is 27.4 Å². The standard InChI is InChI=1S/C30H41N5O5/c1-4-22(3)34(18-14-27(36)32-15-9-13-24(21-32)30(39)40-5-2)28(37)25-19-26-29(38)33(16-10-17-35(26)31-25)20-23-11-7-6-8-12-23/h6-8,11-12,19,22,24H,4-5,9-10,13-18,20-21H2,1-3H3/t22-,24-/m1/s1. The SMILES string of the molecule is CCOC(=O)[C@@H]1CCCN(C(=O)CCN(C(=O)c2cc3n(n2)CCCN(Cc2ccccc2)C3=O)[C@H](C)CC)C1. The van der Waals surface area contributed by atoms with Crippen molar-refractivity contribution in [2.45, 2.75) is 72.0 Å². The molecule has 2 aliphatic heterocycles. The van der Waals surface area contributed by atoms with Crippen LogP contribution in [-0.4, -0.2) is 87.0 Å². The highest BCUT2D eigenvalue weighted by Gasteiger charge is 2.32. The molecule has 4 rings (SSSR count). The number of likely N-dealkylation sites (tertiary alicyclic amines) is 1. The van der Waals surface area contributed by atoms with Crippen LogP contribution in [0.4, 0.5) is 0 Å². The van der Waals surface area contributed by atoms with Crippen molar-refractivity contribution in [2.75, 3.05) is 32.8 Å². The van der Waals surface area contributed by atoms with E-state index in [2.05, 4.69) is 5.10 Å². The molecule has 0 spiro atoms. The number of rotatable bonds is 10. The van der Waals surface area contributed by atoms with E-state index in [1.807, 2.05) is 44.2 Å². The van der Waals surface area contributed by atoms with Crippen LogP contribution >= 0.6 is 0 Å². The zero-order valence-electron chi connectivity index (χ0n) is 23.9. The van der Waals surface area contributed by atoms with Crippen LogP contribution in [0.25, 0.3) is 0 Å². The Hall–Kier alpha value is -3.69. The molecular weight excluding hydrogens is 510 g/mol. The van der Waals surface area contributed by atoms with Gasteiger partial charge in [0, 0.05) is 57.8 Å². The molecule has 0 unspecified atom stereocenters. The van der Waals surface area contributed by atoms with Gasteiger partial charge in [0.15, 0.2) is 5.69 Å². The molecule has 0 saturated carbocycles. The molecule has 1 saturated heterocycles. The van der Waals surface area contributed by atoms with Gasteiger partial charge < -0.3 is 19.4 Å². The summed E-state index contributed by atoms with van der Waals surface area (Å²) in [5.41, 5.74) is 1.68. The third-order valence-electron chi connectivity index (χ3n) is 7.86. The average molecular weight is 552 g/mol. The minimum Gasteiger partial charge on any atom is -0.466 e. The molecule has 2 aromatic rings. The first kappa shape index (κ1) is 29.3. The highest BCUT2D eigenvalue weighted by molar-refractivity contribution is 5.98. The molecule has 10 nitrogen and oxygen atoms in total. The van der Waals surface area contributed by atoms with Crippen molar-refractivity contribution in [1.29, 1.82) is 0 Å². The number of aromatic nitrogens is 2. The average Bonchev–Trinajstić information content (AvgIpc) is 3.35. The second kappa shape index (κ2) is 13.6. The Labute approximate surface area is 236 Å². The maximum absolute atomic E-state index is 13.7. The normalized spacial score (nSPS) is 18.1. The minimum atomic E-state index is -0.301. The summed E-state index contributed by atoms with van der Waals surface area (Å²) in [5, 5.41) is 4.54. The molecule has 3 amide bonds. The van der Waals surface area contributed by atoms with E-state index in [9.17, 15) is 19.2 Å². The molecular formula is C30H41N5O5. The van der Waals surface area contributed by atoms with E-state index in [4.69, 9.17) is 4.74 Å². The van der Waals surface area contributed by atoms with Gasteiger partial charge in [-0.05, 0) is 45.1 Å². The van der Waals surface area contributed by atoms with E-state index in [0.717, 1.165) is 18.4 Å². The topological polar surface area (TPSA) is 105 Å². The van der Waals surface area contributed by atoms with E-state index in [0.29, 0.717) is 57.9 Å². The predicted octanol–water partition coefficient (Wildman–Crippen LogP) is 3.36. The quantitative estimate of drug-likeness (QED) is 0.420. The highest BCUT2D eigenvalue weighted by Crippen LogP contribution is 2.21. The molecule has 216 valence electrons. The molecule has 1 aromatic heterocycles. The monoisotopic (exact) mass is 551 g/mol. The lowest BCUT2D eigenvalue weighted by molar-refractivity contribution is -0.151. The predicted molar refractivity (Wildman–Crippen MR) is 149 cm³/mol. The lowest BCUT2D eigenvalue weighted by atomic mass is 9.98. The Bertz CT molecular complexity index is 1200. The van der Waals surface area contributed by atoms with E-state index in [-0.39, 0.29) is 54.3 Å². The molecule has 2 aliphatic rings. The molecule has 3 heterocycles. The smallest absolute Gasteiger partial charge is 0.310 e. The number of hydrogen-bond acceptors (Lipinski definition) is 6. The number of carbonyl (C=O) groups excluding carboxylic acids is 4. The van der Waals surface area contributed by atoms with Crippen molar-refractivity contribution in [3.8, 4) is 0 Å². The van der Waals surface area contributed by atoms with Gasteiger partial charge >= 0.3 is 5.97 Å². The number of nitrogens with zero attached hydrogens (tertiary/aromatic N) is 5. The Kier molecular flexibility index (Phi) is 9.95. The van der Waals surface area contributed by atoms with Crippen molar-refractivity contribution in [1.82, 2.24) is 24.5 Å². The summed E-state index contributed by atoms with van der Waals surface area (Å²) in [4.78, 5) is 57.6. The number of carbonyl (C=O) groups is 4. The number of benzene rings is 1. The van der Waals surface area contributed by atoms with E-state index in [1.165, 1.54) is 0 Å². The van der Waals surface area contributed by atoms with Gasteiger partial charge in [0.05, 0.1) is 12.5 Å². The minimum absolute atomic E-state index is 0.0811. The number of ether oxygens (including phenoxy) is 1. The van der Waals surface area contributed by atoms with Crippen LogP contribution in [0, 0.1) is 5.92 Å². The summed E-state index contributed by atoms with van der Waals surface area (Å²) in [6, 6.07) is 11.3. The van der Waals surface area contributed by atoms with E-state index >= 15 is 0 Å². The van der Waals surface area contributed by atoms with Gasteiger partial charge in [-0.15, -0.1) is 0 Å².